The third-order valence-electron chi connectivity index (χ3n) is 1.83. The van der Waals surface area contributed by atoms with Crippen LogP contribution < -0.4 is 5.56 Å². The molecule has 0 fully saturated rings. The topological polar surface area (TPSA) is 34.9 Å². The van der Waals surface area contributed by atoms with E-state index >= 15 is 0 Å². The minimum absolute atomic E-state index is 0.0457. The van der Waals surface area contributed by atoms with Crippen molar-refractivity contribution >= 4 is 33.3 Å². The Morgan fingerprint density at radius 3 is 3.08 bits per heavy atom. The summed E-state index contributed by atoms with van der Waals surface area (Å²) in [5.74, 6) is 0. The van der Waals surface area contributed by atoms with Crippen molar-refractivity contribution < 1.29 is 0 Å². The summed E-state index contributed by atoms with van der Waals surface area (Å²) in [5.41, 5.74) is 0.849. The summed E-state index contributed by atoms with van der Waals surface area (Å²) in [5, 5.41) is 2.65. The standard InChI is InChI=1S/C8H8N2OS2/c1-10-7(11)6-5(3-4-13-6)9-8(10)12-2/h3-4H,1-2H3. The number of thiophene rings is 1. The highest BCUT2D eigenvalue weighted by Gasteiger charge is 2.07. The summed E-state index contributed by atoms with van der Waals surface area (Å²) in [6.07, 6.45) is 1.92. The predicted octanol–water partition coefficient (Wildman–Crippen LogP) is 1.72. The van der Waals surface area contributed by atoms with E-state index in [-0.39, 0.29) is 5.56 Å². The number of aromatic nitrogens is 2. The molecular weight excluding hydrogens is 204 g/mol. The second-order valence-electron chi connectivity index (χ2n) is 2.60. The normalized spacial score (nSPS) is 10.9. The third-order valence-corrected chi connectivity index (χ3v) is 3.45. The molecule has 13 heavy (non-hydrogen) atoms. The zero-order valence-electron chi connectivity index (χ0n) is 7.27. The van der Waals surface area contributed by atoms with Crippen LogP contribution in [0, 0.1) is 0 Å². The Morgan fingerprint density at radius 2 is 2.38 bits per heavy atom. The molecule has 68 valence electrons. The van der Waals surface area contributed by atoms with Gasteiger partial charge in [-0.05, 0) is 17.7 Å². The van der Waals surface area contributed by atoms with E-state index in [9.17, 15) is 4.79 Å². The number of hydrogen-bond donors (Lipinski definition) is 0. The molecule has 0 radical (unpaired) electrons. The second kappa shape index (κ2) is 3.16. The average Bonchev–Trinajstić information content (AvgIpc) is 2.59. The first-order valence-electron chi connectivity index (χ1n) is 3.72. The molecule has 2 aromatic heterocycles. The zero-order chi connectivity index (χ0) is 9.42. The first-order chi connectivity index (χ1) is 6.24. The Bertz CT molecular complexity index is 500. The maximum Gasteiger partial charge on any atom is 0.271 e. The fraction of sp³-hybridized carbons (Fsp3) is 0.250. The Labute approximate surface area is 83.4 Å². The quantitative estimate of drug-likeness (QED) is 0.533. The van der Waals surface area contributed by atoms with Crippen molar-refractivity contribution in [3.8, 4) is 0 Å². The van der Waals surface area contributed by atoms with Crippen molar-refractivity contribution in [2.75, 3.05) is 6.26 Å². The van der Waals surface area contributed by atoms with E-state index in [0.717, 1.165) is 15.4 Å². The minimum atomic E-state index is 0.0457. The van der Waals surface area contributed by atoms with Gasteiger partial charge in [0.1, 0.15) is 4.70 Å². The van der Waals surface area contributed by atoms with Crippen molar-refractivity contribution in [2.45, 2.75) is 5.16 Å². The SMILES string of the molecule is CSc1nc2ccsc2c(=O)n1C. The Morgan fingerprint density at radius 1 is 1.62 bits per heavy atom. The van der Waals surface area contributed by atoms with Gasteiger partial charge in [-0.2, -0.15) is 0 Å². The van der Waals surface area contributed by atoms with Gasteiger partial charge in [-0.25, -0.2) is 4.98 Å². The van der Waals surface area contributed by atoms with Gasteiger partial charge < -0.3 is 0 Å². The second-order valence-corrected chi connectivity index (χ2v) is 4.29. The fourth-order valence-electron chi connectivity index (χ4n) is 1.15. The van der Waals surface area contributed by atoms with Crippen molar-refractivity contribution in [2.24, 2.45) is 7.05 Å². The van der Waals surface area contributed by atoms with E-state index in [1.54, 1.807) is 11.6 Å². The molecule has 0 aromatic carbocycles. The molecule has 2 aromatic rings. The zero-order valence-corrected chi connectivity index (χ0v) is 8.91. The summed E-state index contributed by atoms with van der Waals surface area (Å²) in [6.45, 7) is 0. The van der Waals surface area contributed by atoms with Gasteiger partial charge in [-0.15, -0.1) is 11.3 Å². The maximum absolute atomic E-state index is 11.7. The van der Waals surface area contributed by atoms with Gasteiger partial charge in [0.05, 0.1) is 5.52 Å². The lowest BCUT2D eigenvalue weighted by atomic mass is 10.5. The largest absolute Gasteiger partial charge is 0.290 e. The molecule has 0 aliphatic rings. The monoisotopic (exact) mass is 212 g/mol. The number of hydrogen-bond acceptors (Lipinski definition) is 4. The molecule has 0 bridgehead atoms. The molecule has 0 saturated heterocycles. The lowest BCUT2D eigenvalue weighted by molar-refractivity contribution is 0.729. The highest BCUT2D eigenvalue weighted by molar-refractivity contribution is 7.98. The van der Waals surface area contributed by atoms with Gasteiger partial charge in [-0.3, -0.25) is 9.36 Å². The molecule has 0 spiro atoms. The summed E-state index contributed by atoms with van der Waals surface area (Å²) in [4.78, 5) is 16.0. The van der Waals surface area contributed by atoms with Crippen LogP contribution >= 0.6 is 23.1 Å². The van der Waals surface area contributed by atoms with Crippen LogP contribution in [0.2, 0.25) is 0 Å². The third kappa shape index (κ3) is 1.28. The van der Waals surface area contributed by atoms with Gasteiger partial charge in [0.15, 0.2) is 5.16 Å². The van der Waals surface area contributed by atoms with Crippen LogP contribution in [0.15, 0.2) is 21.4 Å². The van der Waals surface area contributed by atoms with Gasteiger partial charge in [-0.1, -0.05) is 11.8 Å². The van der Waals surface area contributed by atoms with Crippen molar-refractivity contribution in [1.82, 2.24) is 9.55 Å². The minimum Gasteiger partial charge on any atom is -0.290 e. The summed E-state index contributed by atoms with van der Waals surface area (Å²) >= 11 is 2.93. The molecular formula is C8H8N2OS2. The van der Waals surface area contributed by atoms with Crippen LogP contribution in [0.25, 0.3) is 10.2 Å². The predicted molar refractivity (Wildman–Crippen MR) is 56.6 cm³/mol. The maximum atomic E-state index is 11.7. The highest BCUT2D eigenvalue weighted by atomic mass is 32.2. The van der Waals surface area contributed by atoms with Crippen LogP contribution in [0.5, 0.6) is 0 Å². The van der Waals surface area contributed by atoms with Crippen LogP contribution in [-0.4, -0.2) is 15.8 Å². The lowest BCUT2D eigenvalue weighted by Gasteiger charge is -2.02. The van der Waals surface area contributed by atoms with Crippen LogP contribution in [0.3, 0.4) is 0 Å². The Hall–Kier alpha value is -0.810. The van der Waals surface area contributed by atoms with Crippen molar-refractivity contribution in [1.29, 1.82) is 0 Å². The molecule has 0 aliphatic heterocycles. The van der Waals surface area contributed by atoms with Crippen LogP contribution in [0.1, 0.15) is 0 Å². The average molecular weight is 212 g/mol. The molecule has 0 aliphatic carbocycles. The number of fused-ring (bicyclic) bond motifs is 1. The van der Waals surface area contributed by atoms with E-state index in [1.165, 1.54) is 23.1 Å². The molecule has 2 heterocycles. The Kier molecular flexibility index (Phi) is 2.13. The smallest absolute Gasteiger partial charge is 0.271 e. The van der Waals surface area contributed by atoms with Gasteiger partial charge in [0.25, 0.3) is 5.56 Å². The van der Waals surface area contributed by atoms with E-state index in [0.29, 0.717) is 0 Å². The molecule has 0 unspecified atom stereocenters. The highest BCUT2D eigenvalue weighted by Crippen LogP contribution is 2.17. The van der Waals surface area contributed by atoms with Crippen LogP contribution in [-0.2, 0) is 7.05 Å². The van der Waals surface area contributed by atoms with Crippen molar-refractivity contribution in [3.05, 3.63) is 21.8 Å². The number of thioether (sulfide) groups is 1. The molecule has 5 heteroatoms. The van der Waals surface area contributed by atoms with Gasteiger partial charge in [0.2, 0.25) is 0 Å². The van der Waals surface area contributed by atoms with Crippen LogP contribution in [0.4, 0.5) is 0 Å². The summed E-state index contributed by atoms with van der Waals surface area (Å²) < 4.78 is 2.32. The molecule has 0 saturated carbocycles. The first kappa shape index (κ1) is 8.77. The summed E-state index contributed by atoms with van der Waals surface area (Å²) in [6, 6.07) is 1.88. The number of nitrogens with zero attached hydrogens (tertiary/aromatic N) is 2. The summed E-state index contributed by atoms with van der Waals surface area (Å²) in [7, 11) is 1.75. The van der Waals surface area contributed by atoms with Gasteiger partial charge in [0, 0.05) is 7.05 Å². The molecule has 0 amide bonds. The van der Waals surface area contributed by atoms with E-state index < -0.39 is 0 Å². The lowest BCUT2D eigenvalue weighted by Crippen LogP contribution is -2.18. The van der Waals surface area contributed by atoms with E-state index in [4.69, 9.17) is 0 Å². The molecule has 0 N–H and O–H groups in total. The molecule has 3 nitrogen and oxygen atoms in total. The fourth-order valence-corrected chi connectivity index (χ4v) is 2.50. The molecule has 2 rings (SSSR count). The van der Waals surface area contributed by atoms with E-state index in [1.807, 2.05) is 17.7 Å². The Balaban J connectivity index is 2.92. The first-order valence-corrected chi connectivity index (χ1v) is 5.82. The van der Waals surface area contributed by atoms with Gasteiger partial charge >= 0.3 is 0 Å². The van der Waals surface area contributed by atoms with E-state index in [2.05, 4.69) is 4.98 Å². The number of rotatable bonds is 1. The van der Waals surface area contributed by atoms with Crippen molar-refractivity contribution in [3.63, 3.8) is 0 Å². The molecule has 0 atom stereocenters.